The molecule has 6 heterocycles. The van der Waals surface area contributed by atoms with Crippen molar-refractivity contribution in [3.8, 4) is 17.0 Å². The van der Waals surface area contributed by atoms with Crippen molar-refractivity contribution in [2.75, 3.05) is 71.8 Å². The fourth-order valence-corrected chi connectivity index (χ4v) is 11.4. The van der Waals surface area contributed by atoms with E-state index in [-0.39, 0.29) is 12.0 Å². The van der Waals surface area contributed by atoms with Gasteiger partial charge in [0.1, 0.15) is 40.9 Å². The van der Waals surface area contributed by atoms with Gasteiger partial charge < -0.3 is 50.5 Å². The minimum Gasteiger partial charge on any atom is -0.474 e. The molecule has 66 heavy (non-hydrogen) atoms. The Bertz CT molecular complexity index is 2210. The second-order valence-electron chi connectivity index (χ2n) is 17.5. The summed E-state index contributed by atoms with van der Waals surface area (Å²) < 4.78 is 16.0. The Kier molecular flexibility index (Phi) is 18.5. The fraction of sp³-hybridized carbons (Fsp3) is 0.489. The van der Waals surface area contributed by atoms with Crippen LogP contribution in [-0.4, -0.2) is 132 Å². The molecular weight excluding hydrogens is 897 g/mol. The monoisotopic (exact) mass is 962 g/mol. The van der Waals surface area contributed by atoms with Crippen LogP contribution in [0.3, 0.4) is 0 Å². The van der Waals surface area contributed by atoms with Gasteiger partial charge >= 0.3 is 0 Å². The number of hydrogen-bond acceptors (Lipinski definition) is 16. The first kappa shape index (κ1) is 50.4. The number of hydrogen-bond donors (Lipinski definition) is 6. The molecule has 7 N–H and O–H groups in total. The van der Waals surface area contributed by atoms with Gasteiger partial charge in [0.2, 0.25) is 12.3 Å². The third-order valence-electron chi connectivity index (χ3n) is 12.6. The normalized spacial score (nSPS) is 23.3. The van der Waals surface area contributed by atoms with Crippen molar-refractivity contribution >= 4 is 55.7 Å². The number of amides is 2. The number of thiol groups is 1. The van der Waals surface area contributed by atoms with Gasteiger partial charge in [0.15, 0.2) is 0 Å². The van der Waals surface area contributed by atoms with Crippen LogP contribution in [0.1, 0.15) is 63.1 Å². The van der Waals surface area contributed by atoms with Crippen LogP contribution in [0.5, 0.6) is 11.6 Å². The molecule has 0 aliphatic carbocycles. The summed E-state index contributed by atoms with van der Waals surface area (Å²) in [5, 5.41) is 30.6. The molecule has 358 valence electrons. The molecule has 5 aliphatic heterocycles. The highest BCUT2D eigenvalue weighted by molar-refractivity contribution is 8.66. The number of aromatic nitrogens is 1. The molecule has 0 bridgehead atoms. The van der Waals surface area contributed by atoms with E-state index in [0.29, 0.717) is 73.7 Å². The standard InChI is InChI=1S/C25H35N7O3S2.C13H14N2OS.C9H17NO2/c26-21(20-3-1-2-4-23(20)35-37-36)15-22-25(27)28-16-19-17-31(10-11-32(19)22)18-5-8-30(9-6-18)12-14-33-24-7-13-34-29-24;1-10-13(17(10,2)8-14)12-5-3-11(4-6-12)7-15-9-16;1-7(2)5-9(12)10-4-3-8(11)6-10/h1-4,7,13,15,18-19,28,36H,5-6,8-12,14,16-17,26-27H2;3-6,9H,7H2,1-2H3,(H,15,16);7-8,11H,3-6H2,1-2H3/b21-15-;;. The van der Waals surface area contributed by atoms with Crippen LogP contribution in [0.25, 0.3) is 10.6 Å². The molecule has 3 fully saturated rings. The molecule has 5 aliphatic rings. The Morgan fingerprint density at radius 1 is 1.11 bits per heavy atom. The Morgan fingerprint density at radius 3 is 2.50 bits per heavy atom. The second-order valence-corrected chi connectivity index (χ2v) is 21.3. The number of nitriles is 1. The van der Waals surface area contributed by atoms with Gasteiger partial charge in [-0.1, -0.05) is 61.9 Å². The number of aliphatic hydroxyl groups excluding tert-OH is 1. The van der Waals surface area contributed by atoms with Crippen molar-refractivity contribution in [3.05, 3.63) is 100 Å². The number of carbonyl (C=O) groups is 2. The summed E-state index contributed by atoms with van der Waals surface area (Å²) in [6.07, 6.45) is 9.60. The molecule has 3 atom stereocenters. The second kappa shape index (κ2) is 24.2. The summed E-state index contributed by atoms with van der Waals surface area (Å²) in [6.45, 7) is 15.4. The Labute approximate surface area is 400 Å². The molecule has 3 aromatic rings. The lowest BCUT2D eigenvalue weighted by Gasteiger charge is -2.49. The molecule has 3 saturated heterocycles. The van der Waals surface area contributed by atoms with Crippen LogP contribution in [0.4, 0.5) is 0 Å². The van der Waals surface area contributed by atoms with Crippen molar-refractivity contribution in [2.45, 2.75) is 71.2 Å². The van der Waals surface area contributed by atoms with Crippen LogP contribution >= 0.6 is 32.8 Å². The number of nitrogens with one attached hydrogen (secondary N) is 2. The van der Waals surface area contributed by atoms with Crippen LogP contribution < -0.4 is 31.0 Å². The number of benzene rings is 2. The van der Waals surface area contributed by atoms with E-state index in [2.05, 4.69) is 47.6 Å². The van der Waals surface area contributed by atoms with Gasteiger partial charge in [0.05, 0.1) is 17.8 Å². The summed E-state index contributed by atoms with van der Waals surface area (Å²) in [6, 6.07) is 18.4. The molecule has 0 radical (unpaired) electrons. The van der Waals surface area contributed by atoms with E-state index in [1.807, 2.05) is 81.6 Å². The Balaban J connectivity index is 0.000000203. The fourth-order valence-electron chi connectivity index (χ4n) is 8.80. The maximum atomic E-state index is 11.4. The first-order valence-electron chi connectivity index (χ1n) is 22.5. The number of aliphatic hydroxyl groups is 1. The predicted molar refractivity (Wildman–Crippen MR) is 266 cm³/mol. The van der Waals surface area contributed by atoms with Gasteiger partial charge in [-0.2, -0.15) is 5.26 Å². The third-order valence-corrected chi connectivity index (χ3v) is 16.0. The van der Waals surface area contributed by atoms with E-state index in [1.165, 1.54) is 28.9 Å². The third kappa shape index (κ3) is 13.3. The number of piperazine rings is 1. The van der Waals surface area contributed by atoms with E-state index in [1.54, 1.807) is 11.0 Å². The molecule has 2 aromatic carbocycles. The highest BCUT2D eigenvalue weighted by atomic mass is 33.1. The molecule has 2 amide bonds. The molecule has 0 spiro atoms. The number of β-amino-alcohol motifs (C(OH)–C–C–N with tert-alkyl or cyclic N) is 1. The minimum atomic E-state index is -1.25. The van der Waals surface area contributed by atoms with Crippen molar-refractivity contribution in [3.63, 3.8) is 0 Å². The zero-order valence-corrected chi connectivity index (χ0v) is 41.0. The van der Waals surface area contributed by atoms with Crippen molar-refractivity contribution in [2.24, 2.45) is 17.4 Å². The molecule has 1 aromatic heterocycles. The van der Waals surface area contributed by atoms with Gasteiger partial charge in [-0.05, 0) is 90.8 Å². The number of fused-ring (bicyclic) bond motifs is 1. The molecule has 0 saturated carbocycles. The van der Waals surface area contributed by atoms with Gasteiger partial charge in [0, 0.05) is 87.1 Å². The molecule has 8 rings (SSSR count). The molecule has 16 nitrogen and oxygen atoms in total. The zero-order valence-electron chi connectivity index (χ0n) is 38.4. The van der Waals surface area contributed by atoms with Gasteiger partial charge in [0.25, 0.3) is 5.88 Å². The zero-order chi connectivity index (χ0) is 47.2. The molecular formula is C47H66N10O6S3. The van der Waals surface area contributed by atoms with E-state index in [4.69, 9.17) is 30.2 Å². The number of likely N-dealkylation sites (tertiary alicyclic amines) is 2. The van der Waals surface area contributed by atoms with E-state index >= 15 is 0 Å². The van der Waals surface area contributed by atoms with Crippen LogP contribution in [0.2, 0.25) is 0 Å². The highest BCUT2D eigenvalue weighted by Crippen LogP contribution is 2.78. The van der Waals surface area contributed by atoms with Crippen LogP contribution in [0, 0.1) is 16.6 Å². The van der Waals surface area contributed by atoms with Crippen LogP contribution in [0.15, 0.2) is 87.9 Å². The van der Waals surface area contributed by atoms with Crippen LogP contribution in [-0.2, 0) is 16.1 Å². The average molecular weight is 963 g/mol. The maximum Gasteiger partial charge on any atom is 0.254 e. The van der Waals surface area contributed by atoms with Gasteiger partial charge in [-0.15, -0.1) is 10.0 Å². The summed E-state index contributed by atoms with van der Waals surface area (Å²) in [7, 11) is -1.25. The number of rotatable bonds is 15. The van der Waals surface area contributed by atoms with E-state index in [9.17, 15) is 14.7 Å². The van der Waals surface area contributed by atoms with Crippen molar-refractivity contribution in [1.29, 1.82) is 5.26 Å². The number of carbonyl (C=O) groups excluding carboxylic acids is 2. The highest BCUT2D eigenvalue weighted by Gasteiger charge is 2.42. The maximum absolute atomic E-state index is 11.4. The number of thiocyanates is 1. The Morgan fingerprint density at radius 2 is 1.86 bits per heavy atom. The lowest BCUT2D eigenvalue weighted by atomic mass is 9.99. The average Bonchev–Trinajstić information content (AvgIpc) is 3.73. The van der Waals surface area contributed by atoms with Gasteiger partial charge in [-0.3, -0.25) is 19.4 Å². The first-order valence-corrected chi connectivity index (χ1v) is 26.3. The Hall–Kier alpha value is -4.97. The summed E-state index contributed by atoms with van der Waals surface area (Å²) in [4.78, 5) is 33.3. The van der Waals surface area contributed by atoms with Gasteiger partial charge in [-0.25, -0.2) is 0 Å². The quantitative estimate of drug-likeness (QED) is 0.0376. The number of nitrogens with zero attached hydrogens (tertiary/aromatic N) is 6. The first-order chi connectivity index (χ1) is 31.8. The summed E-state index contributed by atoms with van der Waals surface area (Å²) in [5.41, 5.74) is 17.5. The number of allylic oxidation sites excluding steroid dienone is 2. The number of piperidine rings is 1. The van der Waals surface area contributed by atoms with E-state index in [0.717, 1.165) is 92.2 Å². The lowest BCUT2D eigenvalue weighted by molar-refractivity contribution is -0.131. The lowest BCUT2D eigenvalue weighted by Crippen LogP contribution is -2.61. The molecule has 19 heteroatoms. The number of nitrogens with two attached hydrogens (primary N) is 2. The largest absolute Gasteiger partial charge is 0.474 e. The van der Waals surface area contributed by atoms with Crippen molar-refractivity contribution in [1.82, 2.24) is 35.4 Å². The summed E-state index contributed by atoms with van der Waals surface area (Å²) in [5.74, 6) is 2.48. The number of para-hydroxylation sites is 1. The smallest absolute Gasteiger partial charge is 0.254 e. The van der Waals surface area contributed by atoms with Crippen molar-refractivity contribution < 1.29 is 28.1 Å². The number of ether oxygens (including phenoxy) is 1. The SMILES string of the molecule is CC(C)CC(=O)N1CCC(O)C1.CC1=C(c2ccc(CNC=O)cc2)S1(C)C#N.NC1=C(/C=C(\N)c2ccccc2OSS)N2CCN(C3CCN(CCOc4ccon4)CC3)CC2CN1. The summed E-state index contributed by atoms with van der Waals surface area (Å²) >= 11 is 5.11. The predicted octanol–water partition coefficient (Wildman–Crippen LogP) is 5.28. The topological polar surface area (TPSA) is 212 Å². The molecule has 3 unspecified atom stereocenters. The minimum absolute atomic E-state index is 0.182. The van der Waals surface area contributed by atoms with E-state index < -0.39 is 10.0 Å².